The first-order chi connectivity index (χ1) is 17.1. The van der Waals surface area contributed by atoms with E-state index in [1.165, 1.54) is 16.4 Å². The molecule has 9 heteroatoms. The Morgan fingerprint density at radius 3 is 2.39 bits per heavy atom. The lowest BCUT2D eigenvalue weighted by molar-refractivity contribution is -0.137. The molecule has 2 unspecified atom stereocenters. The molecule has 0 radical (unpaired) electrons. The molecular formula is C27H30F4N2O2S. The van der Waals surface area contributed by atoms with E-state index in [9.17, 15) is 21.6 Å². The van der Waals surface area contributed by atoms with Gasteiger partial charge in [-0.25, -0.2) is 17.1 Å². The van der Waals surface area contributed by atoms with Gasteiger partial charge in [-0.05, 0) is 85.5 Å². The van der Waals surface area contributed by atoms with Crippen LogP contribution >= 0.6 is 0 Å². The van der Waals surface area contributed by atoms with Crippen molar-refractivity contribution in [3.63, 3.8) is 0 Å². The largest absolute Gasteiger partial charge is 0.416 e. The lowest BCUT2D eigenvalue weighted by Crippen LogP contribution is -2.49. The maximum atomic E-state index is 15.2. The summed E-state index contributed by atoms with van der Waals surface area (Å²) in [5.74, 6) is -0.0801. The number of sulfonamides is 1. The third kappa shape index (κ3) is 4.58. The predicted octanol–water partition coefficient (Wildman–Crippen LogP) is 4.94. The molecule has 2 aromatic rings. The summed E-state index contributed by atoms with van der Waals surface area (Å²) in [6.07, 6.45) is -0.246. The van der Waals surface area contributed by atoms with Gasteiger partial charge in [0.15, 0.2) is 0 Å². The van der Waals surface area contributed by atoms with Crippen molar-refractivity contribution in [1.82, 2.24) is 9.21 Å². The molecule has 6 rings (SSSR count). The minimum Gasteiger partial charge on any atom is -0.299 e. The Hall–Kier alpha value is -1.97. The molecule has 2 aliphatic heterocycles. The van der Waals surface area contributed by atoms with Gasteiger partial charge in [0.1, 0.15) is 5.82 Å². The first-order valence-corrected chi connectivity index (χ1v) is 14.4. The van der Waals surface area contributed by atoms with Crippen molar-refractivity contribution in [2.75, 3.05) is 31.9 Å². The SMILES string of the molecule is O=S(=O)(CC1CC1)N1CC(c2cc3c(cc2F)CC(N2CCC2)C3Cc2cccc(C(F)(F)F)c2)C1. The first-order valence-electron chi connectivity index (χ1n) is 12.8. The minimum atomic E-state index is -4.40. The Balaban J connectivity index is 1.26. The lowest BCUT2D eigenvalue weighted by Gasteiger charge is -2.40. The molecule has 2 aliphatic carbocycles. The number of rotatable bonds is 7. The Bertz CT molecular complexity index is 1270. The van der Waals surface area contributed by atoms with Crippen molar-refractivity contribution in [2.24, 2.45) is 5.92 Å². The van der Waals surface area contributed by atoms with E-state index in [1.807, 2.05) is 6.07 Å². The van der Waals surface area contributed by atoms with Gasteiger partial charge in [-0.2, -0.15) is 13.2 Å². The van der Waals surface area contributed by atoms with E-state index < -0.39 is 21.8 Å². The summed E-state index contributed by atoms with van der Waals surface area (Å²) in [5, 5.41) is 0. The Labute approximate surface area is 209 Å². The highest BCUT2D eigenvalue weighted by molar-refractivity contribution is 7.89. The van der Waals surface area contributed by atoms with Crippen LogP contribution in [0.15, 0.2) is 36.4 Å². The second kappa shape index (κ2) is 8.81. The van der Waals surface area contributed by atoms with Gasteiger partial charge in [-0.1, -0.05) is 24.3 Å². The van der Waals surface area contributed by atoms with Crippen LogP contribution in [0.1, 0.15) is 58.9 Å². The van der Waals surface area contributed by atoms with E-state index in [4.69, 9.17) is 0 Å². The van der Waals surface area contributed by atoms with Gasteiger partial charge >= 0.3 is 6.18 Å². The Kier molecular flexibility index (Phi) is 5.96. The molecule has 1 saturated carbocycles. The zero-order valence-electron chi connectivity index (χ0n) is 20.0. The fourth-order valence-corrected chi connectivity index (χ4v) is 7.99. The summed E-state index contributed by atoms with van der Waals surface area (Å²) < 4.78 is 81.8. The van der Waals surface area contributed by atoms with Gasteiger partial charge in [0.2, 0.25) is 10.0 Å². The van der Waals surface area contributed by atoms with Crippen LogP contribution in [0.3, 0.4) is 0 Å². The third-order valence-corrected chi connectivity index (χ3v) is 10.4. The Morgan fingerprint density at radius 1 is 1.00 bits per heavy atom. The molecule has 0 spiro atoms. The van der Waals surface area contributed by atoms with Crippen molar-refractivity contribution < 1.29 is 26.0 Å². The summed E-state index contributed by atoms with van der Waals surface area (Å²) in [6, 6.07) is 9.11. The smallest absolute Gasteiger partial charge is 0.299 e. The zero-order chi connectivity index (χ0) is 25.2. The molecule has 0 aromatic heterocycles. The molecule has 194 valence electrons. The molecule has 0 amide bonds. The number of alkyl halides is 3. The highest BCUT2D eigenvalue weighted by Crippen LogP contribution is 2.44. The van der Waals surface area contributed by atoms with E-state index in [1.54, 1.807) is 12.1 Å². The van der Waals surface area contributed by atoms with Crippen LogP contribution < -0.4 is 0 Å². The van der Waals surface area contributed by atoms with E-state index in [-0.39, 0.29) is 35.4 Å². The van der Waals surface area contributed by atoms with Crippen molar-refractivity contribution >= 4 is 10.0 Å². The molecular weight excluding hydrogens is 492 g/mol. The summed E-state index contributed by atoms with van der Waals surface area (Å²) >= 11 is 0. The highest BCUT2D eigenvalue weighted by atomic mass is 32.2. The topological polar surface area (TPSA) is 40.6 Å². The molecule has 0 bridgehead atoms. The third-order valence-electron chi connectivity index (χ3n) is 8.45. The molecule has 4 aliphatic rings. The van der Waals surface area contributed by atoms with Crippen LogP contribution in [0.2, 0.25) is 0 Å². The van der Waals surface area contributed by atoms with E-state index in [2.05, 4.69) is 4.90 Å². The first kappa shape index (κ1) is 24.4. The maximum Gasteiger partial charge on any atom is 0.416 e. The normalized spacial score (nSPS) is 25.4. The number of benzene rings is 2. The molecule has 4 nitrogen and oxygen atoms in total. The van der Waals surface area contributed by atoms with Crippen LogP contribution in [-0.2, 0) is 29.0 Å². The zero-order valence-corrected chi connectivity index (χ0v) is 20.8. The number of hydrogen-bond donors (Lipinski definition) is 0. The summed E-state index contributed by atoms with van der Waals surface area (Å²) in [5.41, 5.74) is 2.42. The van der Waals surface area contributed by atoms with E-state index >= 15 is 4.39 Å². The lowest BCUT2D eigenvalue weighted by atomic mass is 9.85. The van der Waals surface area contributed by atoms with Gasteiger partial charge in [0.25, 0.3) is 0 Å². The predicted molar refractivity (Wildman–Crippen MR) is 129 cm³/mol. The van der Waals surface area contributed by atoms with Gasteiger partial charge in [0.05, 0.1) is 11.3 Å². The number of nitrogens with zero attached hydrogens (tertiary/aromatic N) is 2. The van der Waals surface area contributed by atoms with Crippen LogP contribution in [-0.4, -0.2) is 55.6 Å². The summed E-state index contributed by atoms with van der Waals surface area (Å²) in [7, 11) is -3.30. The number of hydrogen-bond acceptors (Lipinski definition) is 3. The number of likely N-dealkylation sites (tertiary alicyclic amines) is 1. The quantitative estimate of drug-likeness (QED) is 0.484. The van der Waals surface area contributed by atoms with Crippen LogP contribution in [0.25, 0.3) is 0 Å². The Morgan fingerprint density at radius 2 is 1.75 bits per heavy atom. The minimum absolute atomic E-state index is 0.0297. The highest BCUT2D eigenvalue weighted by Gasteiger charge is 2.43. The molecule has 2 atom stereocenters. The van der Waals surface area contributed by atoms with Crippen LogP contribution in [0.4, 0.5) is 17.6 Å². The van der Waals surface area contributed by atoms with Crippen LogP contribution in [0, 0.1) is 11.7 Å². The average molecular weight is 523 g/mol. The molecule has 3 fully saturated rings. The number of halogens is 4. The average Bonchev–Trinajstić information content (AvgIpc) is 3.47. The fourth-order valence-electron chi connectivity index (χ4n) is 6.04. The van der Waals surface area contributed by atoms with Gasteiger partial charge < -0.3 is 0 Å². The molecule has 2 aromatic carbocycles. The van der Waals surface area contributed by atoms with Gasteiger partial charge in [0, 0.05) is 31.0 Å². The summed E-state index contributed by atoms with van der Waals surface area (Å²) in [4.78, 5) is 2.35. The van der Waals surface area contributed by atoms with Crippen molar-refractivity contribution in [3.05, 3.63) is 70.0 Å². The molecule has 2 heterocycles. The van der Waals surface area contributed by atoms with Crippen LogP contribution in [0.5, 0.6) is 0 Å². The monoisotopic (exact) mass is 522 g/mol. The van der Waals surface area contributed by atoms with E-state index in [0.717, 1.165) is 49.5 Å². The van der Waals surface area contributed by atoms with Gasteiger partial charge in [-0.15, -0.1) is 0 Å². The molecule has 36 heavy (non-hydrogen) atoms. The second-order valence-corrected chi connectivity index (χ2v) is 13.0. The van der Waals surface area contributed by atoms with E-state index in [0.29, 0.717) is 37.1 Å². The molecule has 2 saturated heterocycles. The maximum absolute atomic E-state index is 15.2. The second-order valence-electron chi connectivity index (χ2n) is 11.0. The summed E-state index contributed by atoms with van der Waals surface area (Å²) in [6.45, 7) is 2.48. The van der Waals surface area contributed by atoms with Crippen molar-refractivity contribution in [1.29, 1.82) is 0 Å². The standard InChI is InChI=1S/C27H30F4N2O2S/c28-25-11-19-12-26(32-7-2-8-32)24(10-18-3-1-4-21(9-18)27(29,30)31)22(19)13-23(25)20-14-33(15-20)36(34,35)16-17-5-6-17/h1,3-4,9,11,13,17,20,24,26H,2,5-8,10,12,14-16H2. The molecule has 0 N–H and O–H groups in total. The van der Waals surface area contributed by atoms with Crippen molar-refractivity contribution in [2.45, 2.75) is 56.2 Å². The number of fused-ring (bicyclic) bond motifs is 1. The fraction of sp³-hybridized carbons (Fsp3) is 0.556. The van der Waals surface area contributed by atoms with Crippen molar-refractivity contribution in [3.8, 4) is 0 Å². The van der Waals surface area contributed by atoms with Gasteiger partial charge in [-0.3, -0.25) is 4.90 Å².